The fourth-order valence-corrected chi connectivity index (χ4v) is 1.42. The quantitative estimate of drug-likeness (QED) is 0.579. The van der Waals surface area contributed by atoms with Crippen LogP contribution in [0.1, 0.15) is 19.8 Å². The van der Waals surface area contributed by atoms with Gasteiger partial charge in [-0.1, -0.05) is 13.3 Å². The van der Waals surface area contributed by atoms with Gasteiger partial charge >= 0.3 is 0 Å². The summed E-state index contributed by atoms with van der Waals surface area (Å²) in [6, 6.07) is 0. The third kappa shape index (κ3) is 2.86. The predicted molar refractivity (Wildman–Crippen MR) is 67.0 cm³/mol. The normalized spacial score (nSPS) is 10.1. The highest BCUT2D eigenvalue weighted by atomic mass is 127. The number of halogens is 1. The second kappa shape index (κ2) is 5.18. The van der Waals surface area contributed by atoms with Crippen molar-refractivity contribution >= 4 is 40.2 Å². The van der Waals surface area contributed by atoms with E-state index in [2.05, 4.69) is 44.8 Å². The number of aromatic nitrogens is 2. The average molecular weight is 307 g/mol. The highest BCUT2D eigenvalue weighted by molar-refractivity contribution is 14.1. The first-order valence-corrected chi connectivity index (χ1v) is 5.55. The van der Waals surface area contributed by atoms with Crippen molar-refractivity contribution in [1.82, 2.24) is 9.97 Å². The maximum Gasteiger partial charge on any atom is 0.224 e. The van der Waals surface area contributed by atoms with Crippen molar-refractivity contribution in [3.05, 3.63) is 3.57 Å². The van der Waals surface area contributed by atoms with Gasteiger partial charge in [-0.15, -0.1) is 0 Å². The summed E-state index contributed by atoms with van der Waals surface area (Å²) in [7, 11) is 0. The molecule has 0 aliphatic rings. The molecule has 14 heavy (non-hydrogen) atoms. The molecule has 0 unspecified atom stereocenters. The van der Waals surface area contributed by atoms with Crippen LogP contribution in [0, 0.1) is 3.57 Å². The molecule has 0 bridgehead atoms. The fourth-order valence-electron chi connectivity index (χ4n) is 0.983. The van der Waals surface area contributed by atoms with Crippen LogP contribution in [0.5, 0.6) is 0 Å². The number of nitrogens with zero attached hydrogens (tertiary/aromatic N) is 2. The van der Waals surface area contributed by atoms with E-state index in [0.717, 1.165) is 28.8 Å². The first-order chi connectivity index (χ1) is 6.65. The third-order valence-electron chi connectivity index (χ3n) is 1.72. The molecule has 0 aliphatic heterocycles. The Hall–Kier alpha value is -0.790. The number of hydrogen-bond acceptors (Lipinski definition) is 5. The van der Waals surface area contributed by atoms with Gasteiger partial charge in [0.25, 0.3) is 0 Å². The van der Waals surface area contributed by atoms with Gasteiger partial charge in [-0.25, -0.2) is 0 Å². The Morgan fingerprint density at radius 2 is 2.07 bits per heavy atom. The van der Waals surface area contributed by atoms with Gasteiger partial charge in [0.2, 0.25) is 5.95 Å². The smallest absolute Gasteiger partial charge is 0.224 e. The van der Waals surface area contributed by atoms with Crippen molar-refractivity contribution in [3.8, 4) is 0 Å². The summed E-state index contributed by atoms with van der Waals surface area (Å²) in [4.78, 5) is 7.93. The minimum atomic E-state index is 0.210. The summed E-state index contributed by atoms with van der Waals surface area (Å²) in [5, 5.41) is 3.18. The summed E-state index contributed by atoms with van der Waals surface area (Å²) in [5.41, 5.74) is 11.1. The van der Waals surface area contributed by atoms with Crippen LogP contribution in [0.15, 0.2) is 0 Å². The lowest BCUT2D eigenvalue weighted by Crippen LogP contribution is -2.10. The maximum absolute atomic E-state index is 5.65. The minimum Gasteiger partial charge on any atom is -0.383 e. The Bertz CT molecular complexity index is 315. The van der Waals surface area contributed by atoms with Crippen LogP contribution in [0.4, 0.5) is 17.6 Å². The standard InChI is InChI=1S/C8H14IN5/c1-2-3-4-12-7-5(9)6(10)13-8(11)14-7/h2-4H2,1H3,(H5,10,11,12,13,14). The molecule has 0 saturated heterocycles. The topological polar surface area (TPSA) is 89.8 Å². The molecule has 0 aromatic carbocycles. The van der Waals surface area contributed by atoms with E-state index in [1.807, 2.05) is 0 Å². The molecule has 0 aliphatic carbocycles. The second-order valence-corrected chi connectivity index (χ2v) is 3.99. The Balaban J connectivity index is 2.75. The van der Waals surface area contributed by atoms with E-state index >= 15 is 0 Å². The van der Waals surface area contributed by atoms with E-state index in [1.165, 1.54) is 0 Å². The molecule has 78 valence electrons. The minimum absolute atomic E-state index is 0.210. The molecule has 0 radical (unpaired) electrons. The Morgan fingerprint density at radius 1 is 1.36 bits per heavy atom. The zero-order valence-electron chi connectivity index (χ0n) is 8.05. The molecule has 0 atom stereocenters. The Kier molecular flexibility index (Phi) is 4.18. The molecule has 1 rings (SSSR count). The first kappa shape index (κ1) is 11.3. The van der Waals surface area contributed by atoms with E-state index in [9.17, 15) is 0 Å². The van der Waals surface area contributed by atoms with Gasteiger partial charge in [0.15, 0.2) is 0 Å². The van der Waals surface area contributed by atoms with Crippen LogP contribution in [0.3, 0.4) is 0 Å². The number of unbranched alkanes of at least 4 members (excludes halogenated alkanes) is 1. The molecule has 5 N–H and O–H groups in total. The highest BCUT2D eigenvalue weighted by Gasteiger charge is 2.07. The number of nitrogen functional groups attached to an aromatic ring is 2. The number of nitrogens with two attached hydrogens (primary N) is 2. The molecule has 0 fully saturated rings. The second-order valence-electron chi connectivity index (χ2n) is 2.91. The lowest BCUT2D eigenvalue weighted by atomic mass is 10.3. The molecule has 1 aromatic rings. The van der Waals surface area contributed by atoms with Crippen LogP contribution < -0.4 is 16.8 Å². The Morgan fingerprint density at radius 3 is 2.71 bits per heavy atom. The molecule has 0 saturated carbocycles. The monoisotopic (exact) mass is 307 g/mol. The molecule has 0 spiro atoms. The van der Waals surface area contributed by atoms with Crippen molar-refractivity contribution in [3.63, 3.8) is 0 Å². The largest absolute Gasteiger partial charge is 0.383 e. The van der Waals surface area contributed by atoms with Crippen LogP contribution in [0.25, 0.3) is 0 Å². The summed E-state index contributed by atoms with van der Waals surface area (Å²) in [5.74, 6) is 1.36. The van der Waals surface area contributed by atoms with Gasteiger partial charge in [-0.3, -0.25) is 0 Å². The zero-order chi connectivity index (χ0) is 10.6. The van der Waals surface area contributed by atoms with E-state index in [1.54, 1.807) is 0 Å². The van der Waals surface area contributed by atoms with Gasteiger partial charge in [-0.2, -0.15) is 9.97 Å². The zero-order valence-corrected chi connectivity index (χ0v) is 10.2. The molecule has 6 heteroatoms. The van der Waals surface area contributed by atoms with Gasteiger partial charge in [0.1, 0.15) is 11.6 Å². The predicted octanol–water partition coefficient (Wildman–Crippen LogP) is 1.46. The van der Waals surface area contributed by atoms with Crippen molar-refractivity contribution < 1.29 is 0 Å². The average Bonchev–Trinajstić information content (AvgIpc) is 2.13. The lowest BCUT2D eigenvalue weighted by Gasteiger charge is -2.08. The SMILES string of the molecule is CCCCNc1nc(N)nc(N)c1I. The van der Waals surface area contributed by atoms with Gasteiger partial charge in [0.05, 0.1) is 3.57 Å². The molecule has 1 aromatic heterocycles. The first-order valence-electron chi connectivity index (χ1n) is 4.47. The number of nitrogens with one attached hydrogen (secondary N) is 1. The highest BCUT2D eigenvalue weighted by Crippen LogP contribution is 2.21. The van der Waals surface area contributed by atoms with Crippen LogP contribution >= 0.6 is 22.6 Å². The third-order valence-corrected chi connectivity index (χ3v) is 2.78. The summed E-state index contributed by atoms with van der Waals surface area (Å²) >= 11 is 2.11. The molecule has 5 nitrogen and oxygen atoms in total. The number of hydrogen-bond donors (Lipinski definition) is 3. The molecular weight excluding hydrogens is 293 g/mol. The van der Waals surface area contributed by atoms with Crippen molar-refractivity contribution in [2.24, 2.45) is 0 Å². The summed E-state index contributed by atoms with van der Waals surface area (Å²) in [6.07, 6.45) is 2.24. The summed E-state index contributed by atoms with van der Waals surface area (Å²) in [6.45, 7) is 3.01. The van der Waals surface area contributed by atoms with Crippen molar-refractivity contribution in [2.45, 2.75) is 19.8 Å². The number of rotatable bonds is 4. The van der Waals surface area contributed by atoms with Crippen molar-refractivity contribution in [1.29, 1.82) is 0 Å². The van der Waals surface area contributed by atoms with E-state index in [-0.39, 0.29) is 5.95 Å². The maximum atomic E-state index is 5.65. The summed E-state index contributed by atoms with van der Waals surface area (Å²) < 4.78 is 0.827. The fraction of sp³-hybridized carbons (Fsp3) is 0.500. The van der Waals surface area contributed by atoms with E-state index in [4.69, 9.17) is 11.5 Å². The van der Waals surface area contributed by atoms with Crippen LogP contribution in [-0.4, -0.2) is 16.5 Å². The Labute approximate surface area is 96.8 Å². The van der Waals surface area contributed by atoms with Gasteiger partial charge in [0, 0.05) is 6.54 Å². The molecule has 0 amide bonds. The van der Waals surface area contributed by atoms with Crippen molar-refractivity contribution in [2.75, 3.05) is 23.3 Å². The van der Waals surface area contributed by atoms with Gasteiger partial charge < -0.3 is 16.8 Å². The molecule has 1 heterocycles. The van der Waals surface area contributed by atoms with Crippen LogP contribution in [-0.2, 0) is 0 Å². The number of anilines is 3. The molecular formula is C8H14IN5. The van der Waals surface area contributed by atoms with E-state index in [0.29, 0.717) is 5.82 Å². The van der Waals surface area contributed by atoms with E-state index < -0.39 is 0 Å². The van der Waals surface area contributed by atoms with Crippen LogP contribution in [0.2, 0.25) is 0 Å². The van der Waals surface area contributed by atoms with Gasteiger partial charge in [-0.05, 0) is 29.0 Å². The lowest BCUT2D eigenvalue weighted by molar-refractivity contribution is 0.830.